The van der Waals surface area contributed by atoms with Gasteiger partial charge in [-0.05, 0) is 41.8 Å². The van der Waals surface area contributed by atoms with E-state index in [2.05, 4.69) is 28.2 Å². The van der Waals surface area contributed by atoms with Crippen molar-refractivity contribution in [1.29, 1.82) is 0 Å². The lowest BCUT2D eigenvalue weighted by Gasteiger charge is -2.01. The Bertz CT molecular complexity index is 972. The minimum Gasteiger partial charge on any atom is -0.352 e. The van der Waals surface area contributed by atoms with Crippen LogP contribution in [0.3, 0.4) is 0 Å². The van der Waals surface area contributed by atoms with Gasteiger partial charge in [0.25, 0.3) is 5.69 Å². The molecule has 2 aromatic carbocycles. The lowest BCUT2D eigenvalue weighted by atomic mass is 10.1. The van der Waals surface area contributed by atoms with Gasteiger partial charge in [0.05, 0.1) is 4.92 Å². The van der Waals surface area contributed by atoms with Crippen LogP contribution in [0.15, 0.2) is 60.8 Å². The van der Waals surface area contributed by atoms with Crippen LogP contribution in [0.2, 0.25) is 0 Å². The second-order valence-electron chi connectivity index (χ2n) is 6.01. The normalized spacial score (nSPS) is 11.1. The highest BCUT2D eigenvalue weighted by Crippen LogP contribution is 2.20. The molecule has 1 aromatic heterocycles. The SMILES string of the molecule is Cn1cc(CCNC(=O)/C=C/c2ccc([N+](=O)[O-])cc2)c2ccccc21. The van der Waals surface area contributed by atoms with Gasteiger partial charge >= 0.3 is 0 Å². The summed E-state index contributed by atoms with van der Waals surface area (Å²) in [7, 11) is 2.01. The fraction of sp³-hybridized carbons (Fsp3) is 0.150. The number of non-ortho nitro benzene ring substituents is 1. The minimum absolute atomic E-state index is 0.0293. The van der Waals surface area contributed by atoms with Crippen molar-refractivity contribution in [1.82, 2.24) is 9.88 Å². The number of carbonyl (C=O) groups excluding carboxylic acids is 1. The summed E-state index contributed by atoms with van der Waals surface area (Å²) in [6.45, 7) is 0.539. The Balaban J connectivity index is 1.54. The zero-order valence-corrected chi connectivity index (χ0v) is 14.4. The van der Waals surface area contributed by atoms with Gasteiger partial charge in [0.2, 0.25) is 5.91 Å². The molecule has 26 heavy (non-hydrogen) atoms. The Morgan fingerprint density at radius 1 is 1.19 bits per heavy atom. The second kappa shape index (κ2) is 7.65. The Kier molecular flexibility index (Phi) is 5.12. The fourth-order valence-electron chi connectivity index (χ4n) is 2.88. The van der Waals surface area contributed by atoms with Crippen molar-refractivity contribution in [2.75, 3.05) is 6.54 Å². The van der Waals surface area contributed by atoms with E-state index in [-0.39, 0.29) is 11.6 Å². The summed E-state index contributed by atoms with van der Waals surface area (Å²) < 4.78 is 2.08. The van der Waals surface area contributed by atoms with Crippen LogP contribution in [0.25, 0.3) is 17.0 Å². The number of hydrogen-bond acceptors (Lipinski definition) is 3. The molecule has 0 aliphatic carbocycles. The number of aromatic nitrogens is 1. The van der Waals surface area contributed by atoms with Gasteiger partial charge in [-0.1, -0.05) is 18.2 Å². The van der Waals surface area contributed by atoms with Gasteiger partial charge in [-0.25, -0.2) is 0 Å². The van der Waals surface area contributed by atoms with Gasteiger partial charge in [-0.2, -0.15) is 0 Å². The quantitative estimate of drug-likeness (QED) is 0.421. The number of nitro groups is 1. The number of nitro benzene ring substituents is 1. The lowest BCUT2D eigenvalue weighted by Crippen LogP contribution is -2.23. The number of rotatable bonds is 6. The van der Waals surface area contributed by atoms with Crippen LogP contribution >= 0.6 is 0 Å². The smallest absolute Gasteiger partial charge is 0.269 e. The summed E-state index contributed by atoms with van der Waals surface area (Å²) in [5.41, 5.74) is 3.14. The molecule has 6 nitrogen and oxygen atoms in total. The number of benzene rings is 2. The van der Waals surface area contributed by atoms with Crippen molar-refractivity contribution < 1.29 is 9.72 Å². The molecule has 0 aliphatic heterocycles. The van der Waals surface area contributed by atoms with Crippen LogP contribution in [0.1, 0.15) is 11.1 Å². The van der Waals surface area contributed by atoms with Crippen LogP contribution in [-0.2, 0) is 18.3 Å². The maximum absolute atomic E-state index is 11.9. The molecule has 3 aromatic rings. The monoisotopic (exact) mass is 349 g/mol. The molecule has 0 saturated carbocycles. The Morgan fingerprint density at radius 3 is 2.65 bits per heavy atom. The molecule has 6 heteroatoms. The average Bonchev–Trinajstić information content (AvgIpc) is 2.97. The van der Waals surface area contributed by atoms with E-state index in [1.807, 2.05) is 19.2 Å². The van der Waals surface area contributed by atoms with Crippen LogP contribution in [-0.4, -0.2) is 21.9 Å². The minimum atomic E-state index is -0.451. The average molecular weight is 349 g/mol. The third-order valence-corrected chi connectivity index (χ3v) is 4.20. The number of amides is 1. The zero-order chi connectivity index (χ0) is 18.5. The van der Waals surface area contributed by atoms with Crippen molar-refractivity contribution in [3.8, 4) is 0 Å². The van der Waals surface area contributed by atoms with E-state index >= 15 is 0 Å². The number of para-hydroxylation sites is 1. The molecular weight excluding hydrogens is 330 g/mol. The van der Waals surface area contributed by atoms with Gasteiger partial charge in [0, 0.05) is 48.9 Å². The first-order valence-electron chi connectivity index (χ1n) is 8.28. The largest absolute Gasteiger partial charge is 0.352 e. The first-order chi connectivity index (χ1) is 12.5. The maximum Gasteiger partial charge on any atom is 0.269 e. The Morgan fingerprint density at radius 2 is 1.92 bits per heavy atom. The molecular formula is C20H19N3O3. The van der Waals surface area contributed by atoms with E-state index < -0.39 is 4.92 Å². The summed E-state index contributed by atoms with van der Waals surface area (Å²) in [6, 6.07) is 14.2. The standard InChI is InChI=1S/C20H19N3O3/c1-22-14-16(18-4-2-3-5-19(18)22)12-13-21-20(24)11-8-15-6-9-17(10-7-15)23(25)26/h2-11,14H,12-13H2,1H3,(H,21,24)/b11-8+. The van der Waals surface area contributed by atoms with Crippen molar-refractivity contribution in [2.45, 2.75) is 6.42 Å². The van der Waals surface area contributed by atoms with Gasteiger partial charge in [0.15, 0.2) is 0 Å². The van der Waals surface area contributed by atoms with Gasteiger partial charge in [-0.15, -0.1) is 0 Å². The van der Waals surface area contributed by atoms with Gasteiger partial charge in [0.1, 0.15) is 0 Å². The molecule has 1 amide bonds. The first kappa shape index (κ1) is 17.4. The predicted octanol–water partition coefficient (Wildman–Crippen LogP) is 3.46. The van der Waals surface area contributed by atoms with Crippen LogP contribution < -0.4 is 5.32 Å². The highest BCUT2D eigenvalue weighted by atomic mass is 16.6. The molecule has 0 atom stereocenters. The molecule has 0 aliphatic rings. The second-order valence-corrected chi connectivity index (χ2v) is 6.01. The molecule has 0 radical (unpaired) electrons. The predicted molar refractivity (Wildman–Crippen MR) is 102 cm³/mol. The lowest BCUT2D eigenvalue weighted by molar-refractivity contribution is -0.384. The number of nitrogens with one attached hydrogen (secondary N) is 1. The molecule has 0 bridgehead atoms. The zero-order valence-electron chi connectivity index (χ0n) is 14.4. The van der Waals surface area contributed by atoms with Crippen molar-refractivity contribution in [3.63, 3.8) is 0 Å². The number of fused-ring (bicyclic) bond motifs is 1. The Labute approximate surface area is 150 Å². The van der Waals surface area contributed by atoms with Crippen LogP contribution in [0.5, 0.6) is 0 Å². The third-order valence-electron chi connectivity index (χ3n) is 4.20. The third kappa shape index (κ3) is 3.97. The van der Waals surface area contributed by atoms with E-state index in [0.717, 1.165) is 12.0 Å². The molecule has 132 valence electrons. The summed E-state index contributed by atoms with van der Waals surface area (Å²) >= 11 is 0. The highest BCUT2D eigenvalue weighted by Gasteiger charge is 2.06. The molecule has 0 saturated heterocycles. The van der Waals surface area contributed by atoms with E-state index in [4.69, 9.17) is 0 Å². The summed E-state index contributed by atoms with van der Waals surface area (Å²) in [6.07, 6.45) is 5.91. The van der Waals surface area contributed by atoms with E-state index in [1.165, 1.54) is 34.7 Å². The summed E-state index contributed by atoms with van der Waals surface area (Å²) in [5.74, 6) is -0.191. The van der Waals surface area contributed by atoms with Crippen molar-refractivity contribution in [2.24, 2.45) is 7.05 Å². The summed E-state index contributed by atoms with van der Waals surface area (Å²) in [4.78, 5) is 22.1. The Hall–Kier alpha value is -3.41. The molecule has 0 spiro atoms. The van der Waals surface area contributed by atoms with E-state index in [0.29, 0.717) is 6.54 Å². The topological polar surface area (TPSA) is 77.2 Å². The number of carbonyl (C=O) groups is 1. The van der Waals surface area contributed by atoms with Gasteiger partial charge in [-0.3, -0.25) is 14.9 Å². The first-order valence-corrected chi connectivity index (χ1v) is 8.28. The molecule has 0 unspecified atom stereocenters. The maximum atomic E-state index is 11.9. The number of aryl methyl sites for hydroxylation is 1. The van der Waals surface area contributed by atoms with E-state index in [9.17, 15) is 14.9 Å². The molecule has 1 heterocycles. The van der Waals surface area contributed by atoms with Crippen LogP contribution in [0.4, 0.5) is 5.69 Å². The fourth-order valence-corrected chi connectivity index (χ4v) is 2.88. The molecule has 3 rings (SSSR count). The highest BCUT2D eigenvalue weighted by molar-refractivity contribution is 5.91. The van der Waals surface area contributed by atoms with Crippen molar-refractivity contribution >= 4 is 28.6 Å². The van der Waals surface area contributed by atoms with Crippen molar-refractivity contribution in [3.05, 3.63) is 82.0 Å². The van der Waals surface area contributed by atoms with E-state index in [1.54, 1.807) is 18.2 Å². The molecule has 1 N–H and O–H groups in total. The molecule has 0 fully saturated rings. The number of hydrogen-bond donors (Lipinski definition) is 1. The number of nitrogens with zero attached hydrogens (tertiary/aromatic N) is 2. The van der Waals surface area contributed by atoms with Gasteiger partial charge < -0.3 is 9.88 Å². The van der Waals surface area contributed by atoms with Crippen LogP contribution in [0, 0.1) is 10.1 Å². The summed E-state index contributed by atoms with van der Waals surface area (Å²) in [5, 5.41) is 14.7.